The lowest BCUT2D eigenvalue weighted by Gasteiger charge is -2.17. The Morgan fingerprint density at radius 1 is 0.339 bits per heavy atom. The first-order chi connectivity index (χ1) is 27.7. The Balaban J connectivity index is 1.06. The lowest BCUT2D eigenvalue weighted by molar-refractivity contribution is 1.18. The number of aromatic nitrogens is 4. The molecule has 4 nitrogen and oxygen atoms in total. The molecule has 3 heterocycles. The van der Waals surface area contributed by atoms with Crippen molar-refractivity contribution in [2.75, 3.05) is 0 Å². The van der Waals surface area contributed by atoms with Crippen molar-refractivity contribution in [3.8, 4) is 67.3 Å². The maximum absolute atomic E-state index is 5.22. The summed E-state index contributed by atoms with van der Waals surface area (Å²) < 4.78 is 0. The van der Waals surface area contributed by atoms with E-state index < -0.39 is 0 Å². The van der Waals surface area contributed by atoms with E-state index in [1.165, 1.54) is 49.0 Å². The van der Waals surface area contributed by atoms with Gasteiger partial charge in [0.25, 0.3) is 0 Å². The van der Waals surface area contributed by atoms with Crippen molar-refractivity contribution >= 4 is 43.2 Å². The summed E-state index contributed by atoms with van der Waals surface area (Å²) in [7, 11) is 0. The zero-order valence-corrected chi connectivity index (χ0v) is 30.3. The molecule has 8 aromatic carbocycles. The fraction of sp³-hybridized carbons (Fsp3) is 0. The Morgan fingerprint density at radius 2 is 0.964 bits per heavy atom. The van der Waals surface area contributed by atoms with Gasteiger partial charge in [-0.2, -0.15) is 0 Å². The van der Waals surface area contributed by atoms with Crippen molar-refractivity contribution in [2.45, 2.75) is 0 Å². The normalized spacial score (nSPS) is 11.6. The summed E-state index contributed by atoms with van der Waals surface area (Å²) in [6, 6.07) is 62.5. The minimum absolute atomic E-state index is 0.658. The molecule has 0 unspecified atom stereocenters. The first kappa shape index (κ1) is 31.9. The predicted octanol–water partition coefficient (Wildman–Crippen LogP) is 13.3. The molecule has 0 N–H and O–H groups in total. The number of hydrogen-bond acceptors (Lipinski definition) is 4. The third kappa shape index (κ3) is 5.47. The van der Waals surface area contributed by atoms with Gasteiger partial charge in [-0.3, -0.25) is 9.97 Å². The number of fused-ring (bicyclic) bond motifs is 1. The van der Waals surface area contributed by atoms with Crippen molar-refractivity contribution in [3.05, 3.63) is 195 Å². The Bertz CT molecular complexity index is 3230. The molecule has 260 valence electrons. The van der Waals surface area contributed by atoms with Gasteiger partial charge in [-0.1, -0.05) is 146 Å². The quantitative estimate of drug-likeness (QED) is 0.161. The highest BCUT2D eigenvalue weighted by atomic mass is 14.9. The zero-order valence-electron chi connectivity index (χ0n) is 30.3. The van der Waals surface area contributed by atoms with Crippen LogP contribution in [0.5, 0.6) is 0 Å². The van der Waals surface area contributed by atoms with E-state index in [0.717, 1.165) is 55.7 Å². The summed E-state index contributed by atoms with van der Waals surface area (Å²) in [4.78, 5) is 19.5. The molecule has 0 saturated carbocycles. The van der Waals surface area contributed by atoms with Gasteiger partial charge in [-0.25, -0.2) is 9.97 Å². The summed E-state index contributed by atoms with van der Waals surface area (Å²) in [5.74, 6) is 0.658. The van der Waals surface area contributed by atoms with E-state index in [4.69, 9.17) is 15.0 Å². The number of nitrogens with zero attached hydrogens (tertiary/aromatic N) is 4. The SMILES string of the molecule is c1ccc(-c2ccc3ccc4c(-c5cccc(-c6cc(-c7cnc8ccccc8c7)nc(-c7ccc(-c8cccnc8)cc7)n6)c5)ccc5ccc2c3c54)cc1. The van der Waals surface area contributed by atoms with Gasteiger partial charge in [0.1, 0.15) is 0 Å². The molecule has 4 heteroatoms. The van der Waals surface area contributed by atoms with E-state index in [1.54, 1.807) is 6.20 Å². The molecule has 0 spiro atoms. The molecule has 0 aliphatic carbocycles. The molecule has 0 aliphatic heterocycles. The van der Waals surface area contributed by atoms with Crippen molar-refractivity contribution < 1.29 is 0 Å². The third-order valence-corrected chi connectivity index (χ3v) is 11.0. The third-order valence-electron chi connectivity index (χ3n) is 11.0. The summed E-state index contributed by atoms with van der Waals surface area (Å²) in [6.45, 7) is 0. The Hall–Kier alpha value is -7.56. The molecule has 11 aromatic rings. The zero-order chi connectivity index (χ0) is 37.0. The number of rotatable bonds is 6. The molecule has 0 aliphatic rings. The topological polar surface area (TPSA) is 51.6 Å². The molecule has 11 rings (SSSR count). The fourth-order valence-corrected chi connectivity index (χ4v) is 8.20. The smallest absolute Gasteiger partial charge is 0.160 e. The largest absolute Gasteiger partial charge is 0.264 e. The maximum Gasteiger partial charge on any atom is 0.160 e. The van der Waals surface area contributed by atoms with Crippen LogP contribution in [0.2, 0.25) is 0 Å². The molecule has 0 fully saturated rings. The van der Waals surface area contributed by atoms with Gasteiger partial charge in [0.2, 0.25) is 0 Å². The van der Waals surface area contributed by atoms with Crippen LogP contribution in [0.15, 0.2) is 195 Å². The minimum atomic E-state index is 0.658. The molecule has 0 atom stereocenters. The number of para-hydroxylation sites is 1. The van der Waals surface area contributed by atoms with Gasteiger partial charge in [0.05, 0.1) is 16.9 Å². The second-order valence-corrected chi connectivity index (χ2v) is 14.3. The van der Waals surface area contributed by atoms with Gasteiger partial charge in [0, 0.05) is 40.7 Å². The number of hydrogen-bond donors (Lipinski definition) is 0. The highest BCUT2D eigenvalue weighted by Crippen LogP contribution is 2.43. The van der Waals surface area contributed by atoms with Crippen LogP contribution < -0.4 is 0 Å². The van der Waals surface area contributed by atoms with E-state index >= 15 is 0 Å². The summed E-state index contributed by atoms with van der Waals surface area (Å²) in [6.07, 6.45) is 5.59. The average Bonchev–Trinajstić information content (AvgIpc) is 3.28. The van der Waals surface area contributed by atoms with Crippen molar-refractivity contribution in [3.63, 3.8) is 0 Å². The molecule has 0 saturated heterocycles. The first-order valence-corrected chi connectivity index (χ1v) is 18.9. The fourth-order valence-electron chi connectivity index (χ4n) is 8.20. The lowest BCUT2D eigenvalue weighted by atomic mass is 9.87. The Labute approximate surface area is 323 Å². The second kappa shape index (κ2) is 13.1. The highest BCUT2D eigenvalue weighted by molar-refractivity contribution is 6.27. The molecular weight excluding hydrogens is 681 g/mol. The molecule has 3 aromatic heterocycles. The number of pyridine rings is 2. The van der Waals surface area contributed by atoms with E-state index in [2.05, 4.69) is 157 Å². The minimum Gasteiger partial charge on any atom is -0.264 e. The van der Waals surface area contributed by atoms with E-state index in [0.29, 0.717) is 5.82 Å². The molecule has 56 heavy (non-hydrogen) atoms. The van der Waals surface area contributed by atoms with E-state index in [-0.39, 0.29) is 0 Å². The van der Waals surface area contributed by atoms with Gasteiger partial charge in [-0.15, -0.1) is 0 Å². The van der Waals surface area contributed by atoms with Crippen molar-refractivity contribution in [2.24, 2.45) is 0 Å². The van der Waals surface area contributed by atoms with Gasteiger partial charge in [-0.05, 0) is 96.0 Å². The summed E-state index contributed by atoms with van der Waals surface area (Å²) >= 11 is 0. The van der Waals surface area contributed by atoms with Crippen LogP contribution in [0.4, 0.5) is 0 Å². The summed E-state index contributed by atoms with van der Waals surface area (Å²) in [5, 5.41) is 8.68. The first-order valence-electron chi connectivity index (χ1n) is 18.9. The van der Waals surface area contributed by atoms with Crippen molar-refractivity contribution in [1.29, 1.82) is 0 Å². The van der Waals surface area contributed by atoms with Crippen LogP contribution in [0.25, 0.3) is 111 Å². The highest BCUT2D eigenvalue weighted by Gasteiger charge is 2.17. The maximum atomic E-state index is 5.22. The standard InChI is InChI=1S/C52H32N4/c1-2-8-34(9-3-1)43-23-19-35-22-26-46-44(24-20-36-21-25-45(43)50(35)51(36)46)38-11-6-12-40(28-38)48-30-49(42-29-39-10-4-5-14-47(39)54-32-42)56-52(55-48)37-17-15-33(16-18-37)41-13-7-27-53-31-41/h1-32H. The molecule has 0 radical (unpaired) electrons. The Morgan fingerprint density at radius 3 is 1.71 bits per heavy atom. The second-order valence-electron chi connectivity index (χ2n) is 14.3. The predicted molar refractivity (Wildman–Crippen MR) is 231 cm³/mol. The summed E-state index contributed by atoms with van der Waals surface area (Å²) in [5.41, 5.74) is 12.5. The van der Waals surface area contributed by atoms with Crippen LogP contribution in [-0.2, 0) is 0 Å². The Kier molecular flexibility index (Phi) is 7.46. The van der Waals surface area contributed by atoms with Crippen LogP contribution in [0.1, 0.15) is 0 Å². The molecule has 0 bridgehead atoms. The van der Waals surface area contributed by atoms with Crippen LogP contribution in [0, 0.1) is 0 Å². The van der Waals surface area contributed by atoms with Crippen molar-refractivity contribution in [1.82, 2.24) is 19.9 Å². The van der Waals surface area contributed by atoms with Crippen LogP contribution in [0.3, 0.4) is 0 Å². The van der Waals surface area contributed by atoms with Crippen LogP contribution >= 0.6 is 0 Å². The lowest BCUT2D eigenvalue weighted by Crippen LogP contribution is -1.97. The van der Waals surface area contributed by atoms with Crippen LogP contribution in [-0.4, -0.2) is 19.9 Å². The van der Waals surface area contributed by atoms with Gasteiger partial charge in [0.15, 0.2) is 5.82 Å². The number of benzene rings is 8. The molecular formula is C52H32N4. The average molecular weight is 713 g/mol. The van der Waals surface area contributed by atoms with Gasteiger partial charge >= 0.3 is 0 Å². The monoisotopic (exact) mass is 712 g/mol. The van der Waals surface area contributed by atoms with E-state index in [1.807, 2.05) is 36.7 Å². The molecule has 0 amide bonds. The van der Waals surface area contributed by atoms with Gasteiger partial charge < -0.3 is 0 Å². The van der Waals surface area contributed by atoms with E-state index in [9.17, 15) is 0 Å².